The van der Waals surface area contributed by atoms with Crippen molar-refractivity contribution < 1.29 is 14.5 Å². The van der Waals surface area contributed by atoms with Gasteiger partial charge in [0.15, 0.2) is 5.75 Å². The minimum Gasteiger partial charge on any atom is -0.411 e. The van der Waals surface area contributed by atoms with E-state index in [0.29, 0.717) is 0 Å². The highest BCUT2D eigenvalue weighted by Crippen LogP contribution is 2.36. The summed E-state index contributed by atoms with van der Waals surface area (Å²) in [7, 11) is 0. The minimum atomic E-state index is -1.13. The van der Waals surface area contributed by atoms with Crippen molar-refractivity contribution in [2.75, 3.05) is 0 Å². The van der Waals surface area contributed by atoms with Crippen LogP contribution in [-0.4, -0.2) is 10.4 Å². The molecule has 0 spiro atoms. The average molecular weight is 270 g/mol. The Kier molecular flexibility index (Phi) is 3.73. The second kappa shape index (κ2) is 4.65. The fraction of sp³-hybridized carbons (Fsp3) is 0. The number of carbonyl (C=O) groups excluding carboxylic acids is 1. The molecular weight excluding hydrogens is 268 g/mol. The van der Waals surface area contributed by atoms with Gasteiger partial charge in [0.1, 0.15) is 0 Å². The molecule has 0 fully saturated rings. The third-order valence-electron chi connectivity index (χ3n) is 1.38. The van der Waals surface area contributed by atoms with E-state index in [9.17, 15) is 14.9 Å². The van der Waals surface area contributed by atoms with Crippen molar-refractivity contribution in [1.29, 1.82) is 0 Å². The molecule has 0 saturated carbocycles. The molecule has 8 heteroatoms. The van der Waals surface area contributed by atoms with Crippen LogP contribution in [0.3, 0.4) is 0 Å². The first kappa shape index (κ1) is 12.0. The molecule has 0 saturated heterocycles. The SMILES string of the molecule is O=C(Cl)Oc1c(Cl)cc([N+](=O)[O-])cc1Cl. The molecule has 0 bridgehead atoms. The molecule has 5 nitrogen and oxygen atoms in total. The monoisotopic (exact) mass is 269 g/mol. The number of halogens is 3. The van der Waals surface area contributed by atoms with E-state index < -0.39 is 10.4 Å². The average Bonchev–Trinajstić information content (AvgIpc) is 2.10. The Bertz CT molecular complexity index is 411. The Morgan fingerprint density at radius 1 is 1.33 bits per heavy atom. The Balaban J connectivity index is 3.21. The van der Waals surface area contributed by atoms with E-state index in [1.807, 2.05) is 0 Å². The number of non-ortho nitro benzene ring substituents is 1. The Morgan fingerprint density at radius 2 is 1.80 bits per heavy atom. The van der Waals surface area contributed by atoms with Crippen LogP contribution in [0.4, 0.5) is 10.5 Å². The van der Waals surface area contributed by atoms with E-state index >= 15 is 0 Å². The maximum atomic E-state index is 10.4. The summed E-state index contributed by atoms with van der Waals surface area (Å²) in [4.78, 5) is 20.1. The van der Waals surface area contributed by atoms with E-state index in [1.54, 1.807) is 0 Å². The lowest BCUT2D eigenvalue weighted by Crippen LogP contribution is -1.98. The van der Waals surface area contributed by atoms with E-state index in [4.69, 9.17) is 34.8 Å². The van der Waals surface area contributed by atoms with Crippen LogP contribution in [0.1, 0.15) is 0 Å². The van der Waals surface area contributed by atoms with Gasteiger partial charge in [-0.05, 0) is 0 Å². The lowest BCUT2D eigenvalue weighted by Gasteiger charge is -2.04. The summed E-state index contributed by atoms with van der Waals surface area (Å²) in [6.07, 6.45) is 0. The quantitative estimate of drug-likeness (QED) is 0.467. The normalized spacial score (nSPS) is 9.80. The maximum Gasteiger partial charge on any atom is 0.409 e. The zero-order valence-electron chi connectivity index (χ0n) is 6.87. The number of nitro benzene ring substituents is 1. The first-order chi connectivity index (χ1) is 6.91. The topological polar surface area (TPSA) is 69.4 Å². The van der Waals surface area contributed by atoms with Crippen molar-refractivity contribution in [2.24, 2.45) is 0 Å². The van der Waals surface area contributed by atoms with Gasteiger partial charge in [0.25, 0.3) is 5.69 Å². The Hall–Kier alpha value is -1.04. The van der Waals surface area contributed by atoms with Gasteiger partial charge in [-0.1, -0.05) is 23.2 Å². The molecular formula is C7H2Cl3NO4. The van der Waals surface area contributed by atoms with Crippen LogP contribution in [0.5, 0.6) is 5.75 Å². The van der Waals surface area contributed by atoms with Crippen LogP contribution in [0.25, 0.3) is 0 Å². The molecule has 0 aromatic heterocycles. The minimum absolute atomic E-state index is 0.164. The molecule has 0 N–H and O–H groups in total. The third-order valence-corrected chi connectivity index (χ3v) is 2.01. The molecule has 80 valence electrons. The van der Waals surface area contributed by atoms with E-state index in [0.717, 1.165) is 12.1 Å². The summed E-state index contributed by atoms with van der Waals surface area (Å²) in [6.45, 7) is 0. The molecule has 1 rings (SSSR count). The second-order valence-electron chi connectivity index (χ2n) is 2.34. The van der Waals surface area contributed by atoms with Gasteiger partial charge in [-0.25, -0.2) is 4.79 Å². The highest BCUT2D eigenvalue weighted by molar-refractivity contribution is 6.61. The molecule has 0 atom stereocenters. The molecule has 0 aliphatic heterocycles. The van der Waals surface area contributed by atoms with Crippen molar-refractivity contribution in [3.8, 4) is 5.75 Å². The van der Waals surface area contributed by atoms with Gasteiger partial charge in [-0.2, -0.15) is 0 Å². The van der Waals surface area contributed by atoms with Gasteiger partial charge in [-0.3, -0.25) is 10.1 Å². The second-order valence-corrected chi connectivity index (χ2v) is 3.46. The van der Waals surface area contributed by atoms with Crippen molar-refractivity contribution in [1.82, 2.24) is 0 Å². The summed E-state index contributed by atoms with van der Waals surface area (Å²) < 4.78 is 4.45. The summed E-state index contributed by atoms with van der Waals surface area (Å²) in [5.74, 6) is -0.205. The summed E-state index contributed by atoms with van der Waals surface area (Å²) in [6, 6.07) is 2.01. The van der Waals surface area contributed by atoms with Crippen LogP contribution in [0, 0.1) is 10.1 Å². The molecule has 1 aromatic carbocycles. The van der Waals surface area contributed by atoms with Crippen LogP contribution < -0.4 is 4.74 Å². The molecule has 0 radical (unpaired) electrons. The van der Waals surface area contributed by atoms with Gasteiger partial charge in [-0.15, -0.1) is 0 Å². The van der Waals surface area contributed by atoms with E-state index in [-0.39, 0.29) is 21.5 Å². The predicted octanol–water partition coefficient (Wildman–Crippen LogP) is 3.64. The number of benzene rings is 1. The molecule has 1 aromatic rings. The van der Waals surface area contributed by atoms with Crippen LogP contribution in [0.2, 0.25) is 10.0 Å². The number of carbonyl (C=O) groups is 1. The van der Waals surface area contributed by atoms with Gasteiger partial charge in [0.2, 0.25) is 0 Å². The van der Waals surface area contributed by atoms with Gasteiger partial charge in [0, 0.05) is 23.7 Å². The standard InChI is InChI=1S/C7H2Cl3NO4/c8-4-1-3(11(13)14)2-5(9)6(4)15-7(10)12/h1-2H. The fourth-order valence-corrected chi connectivity index (χ4v) is 1.46. The summed E-state index contributed by atoms with van der Waals surface area (Å²) >= 11 is 16.1. The molecule has 15 heavy (non-hydrogen) atoms. The number of nitrogens with zero attached hydrogens (tertiary/aromatic N) is 1. The fourth-order valence-electron chi connectivity index (χ4n) is 0.830. The van der Waals surface area contributed by atoms with E-state index in [1.165, 1.54) is 0 Å². The molecule has 0 aliphatic rings. The lowest BCUT2D eigenvalue weighted by molar-refractivity contribution is -0.384. The number of hydrogen-bond donors (Lipinski definition) is 0. The Labute approximate surface area is 98.6 Å². The number of ether oxygens (including phenoxy) is 1. The number of rotatable bonds is 2. The van der Waals surface area contributed by atoms with Crippen LogP contribution in [0.15, 0.2) is 12.1 Å². The first-order valence-corrected chi connectivity index (χ1v) is 4.56. The third kappa shape index (κ3) is 2.95. The smallest absolute Gasteiger partial charge is 0.409 e. The molecule has 0 amide bonds. The number of hydrogen-bond acceptors (Lipinski definition) is 4. The van der Waals surface area contributed by atoms with Crippen molar-refractivity contribution >= 4 is 45.9 Å². The highest BCUT2D eigenvalue weighted by Gasteiger charge is 2.17. The first-order valence-electron chi connectivity index (χ1n) is 3.42. The van der Waals surface area contributed by atoms with E-state index in [2.05, 4.69) is 4.74 Å². The zero-order chi connectivity index (χ0) is 11.6. The van der Waals surface area contributed by atoms with Gasteiger partial charge in [0.05, 0.1) is 15.0 Å². The highest BCUT2D eigenvalue weighted by atomic mass is 35.5. The molecule has 0 heterocycles. The summed E-state index contributed by atoms with van der Waals surface area (Å²) in [5.41, 5.74) is -1.44. The molecule has 0 aliphatic carbocycles. The van der Waals surface area contributed by atoms with Crippen molar-refractivity contribution in [2.45, 2.75) is 0 Å². The largest absolute Gasteiger partial charge is 0.411 e. The van der Waals surface area contributed by atoms with Crippen molar-refractivity contribution in [3.05, 3.63) is 32.3 Å². The number of nitro groups is 1. The maximum absolute atomic E-state index is 10.4. The predicted molar refractivity (Wildman–Crippen MR) is 55.0 cm³/mol. The summed E-state index contributed by atoms with van der Waals surface area (Å²) in [5, 5.41) is 10.1. The van der Waals surface area contributed by atoms with Gasteiger partial charge < -0.3 is 4.74 Å². The lowest BCUT2D eigenvalue weighted by atomic mass is 10.3. The Morgan fingerprint density at radius 3 is 2.13 bits per heavy atom. The van der Waals surface area contributed by atoms with Crippen molar-refractivity contribution in [3.63, 3.8) is 0 Å². The van der Waals surface area contributed by atoms with Crippen LogP contribution >= 0.6 is 34.8 Å². The molecule has 0 unspecified atom stereocenters. The zero-order valence-corrected chi connectivity index (χ0v) is 9.14. The van der Waals surface area contributed by atoms with Crippen LogP contribution in [-0.2, 0) is 0 Å². The van der Waals surface area contributed by atoms with Gasteiger partial charge >= 0.3 is 5.43 Å².